The minimum absolute atomic E-state index is 0.135. The van der Waals surface area contributed by atoms with Crippen LogP contribution in [0.2, 0.25) is 0 Å². The highest BCUT2D eigenvalue weighted by Gasteiger charge is 2.30. The van der Waals surface area contributed by atoms with Gasteiger partial charge in [0.2, 0.25) is 0 Å². The number of alkyl halides is 3. The molecular weight excluding hydrogens is 396 g/mol. The molecule has 3 N–H and O–H groups in total. The zero-order valence-electron chi connectivity index (χ0n) is 10.5. The molecule has 21 heavy (non-hydrogen) atoms. The van der Waals surface area contributed by atoms with Crippen LogP contribution in [0.1, 0.15) is 15.9 Å². The molecule has 0 heterocycles. The van der Waals surface area contributed by atoms with Gasteiger partial charge in [0.1, 0.15) is 0 Å². The molecule has 7 heteroatoms. The van der Waals surface area contributed by atoms with Gasteiger partial charge in [0, 0.05) is 3.57 Å². The van der Waals surface area contributed by atoms with Crippen LogP contribution in [0.5, 0.6) is 0 Å². The van der Waals surface area contributed by atoms with E-state index in [0.29, 0.717) is 5.56 Å². The Morgan fingerprint density at radius 3 is 2.38 bits per heavy atom. The Labute approximate surface area is 132 Å². The number of benzene rings is 2. The second-order valence-corrected chi connectivity index (χ2v) is 5.40. The third-order valence-corrected chi connectivity index (χ3v) is 3.69. The molecule has 110 valence electrons. The van der Waals surface area contributed by atoms with E-state index in [1.807, 2.05) is 22.6 Å². The number of rotatable bonds is 2. The summed E-state index contributed by atoms with van der Waals surface area (Å²) in [4.78, 5) is 12.1. The predicted molar refractivity (Wildman–Crippen MR) is 83.0 cm³/mol. The molecule has 0 fully saturated rings. The Balaban J connectivity index is 2.25. The van der Waals surface area contributed by atoms with Crippen LogP contribution in [0.15, 0.2) is 42.5 Å². The molecule has 0 saturated heterocycles. The van der Waals surface area contributed by atoms with Crippen LogP contribution in [-0.2, 0) is 6.18 Å². The Morgan fingerprint density at radius 1 is 1.14 bits per heavy atom. The fourth-order valence-electron chi connectivity index (χ4n) is 1.69. The van der Waals surface area contributed by atoms with E-state index in [4.69, 9.17) is 5.73 Å². The van der Waals surface area contributed by atoms with Crippen LogP contribution in [0, 0.1) is 3.57 Å². The Kier molecular flexibility index (Phi) is 4.40. The van der Waals surface area contributed by atoms with Gasteiger partial charge in [-0.05, 0) is 52.9 Å². The number of halogens is 4. The molecule has 0 spiro atoms. The summed E-state index contributed by atoms with van der Waals surface area (Å²) in [6, 6.07) is 9.68. The number of nitrogens with one attached hydrogen (secondary N) is 1. The number of carbonyl (C=O) groups excluding carboxylic acids is 1. The van der Waals surface area contributed by atoms with E-state index < -0.39 is 17.6 Å². The maximum Gasteiger partial charge on any atom is 0.416 e. The average molecular weight is 406 g/mol. The normalized spacial score (nSPS) is 11.2. The largest absolute Gasteiger partial charge is 0.416 e. The number of anilines is 2. The van der Waals surface area contributed by atoms with Gasteiger partial charge in [0.15, 0.2) is 0 Å². The van der Waals surface area contributed by atoms with E-state index in [0.717, 1.165) is 21.8 Å². The fraction of sp³-hybridized carbons (Fsp3) is 0.0714. The fourth-order valence-corrected chi connectivity index (χ4v) is 2.32. The van der Waals surface area contributed by atoms with Gasteiger partial charge in [-0.1, -0.05) is 12.1 Å². The van der Waals surface area contributed by atoms with Crippen LogP contribution < -0.4 is 11.1 Å². The lowest BCUT2D eigenvalue weighted by atomic mass is 10.1. The molecule has 0 unspecified atom stereocenters. The molecule has 1 amide bonds. The summed E-state index contributed by atoms with van der Waals surface area (Å²) >= 11 is 2.00. The molecule has 0 aromatic heterocycles. The molecular formula is C14H10F3IN2O. The first kappa shape index (κ1) is 15.6. The molecule has 2 aromatic rings. The highest BCUT2D eigenvalue weighted by atomic mass is 127. The van der Waals surface area contributed by atoms with E-state index in [1.54, 1.807) is 24.3 Å². The number of hydrogen-bond donors (Lipinski definition) is 2. The van der Waals surface area contributed by atoms with Crippen molar-refractivity contribution >= 4 is 39.9 Å². The lowest BCUT2D eigenvalue weighted by Gasteiger charge is -2.12. The van der Waals surface area contributed by atoms with Gasteiger partial charge in [-0.25, -0.2) is 0 Å². The molecule has 3 nitrogen and oxygen atoms in total. The third kappa shape index (κ3) is 3.66. The molecule has 0 aliphatic heterocycles. The first-order valence-corrected chi connectivity index (χ1v) is 6.89. The van der Waals surface area contributed by atoms with Crippen molar-refractivity contribution in [1.82, 2.24) is 0 Å². The molecule has 0 saturated carbocycles. The molecule has 0 radical (unpaired) electrons. The van der Waals surface area contributed by atoms with Crippen molar-refractivity contribution in [3.05, 3.63) is 57.2 Å². The van der Waals surface area contributed by atoms with Crippen LogP contribution in [-0.4, -0.2) is 5.91 Å². The number of hydrogen-bond acceptors (Lipinski definition) is 2. The molecule has 0 bridgehead atoms. The van der Waals surface area contributed by atoms with Crippen molar-refractivity contribution in [2.24, 2.45) is 0 Å². The van der Waals surface area contributed by atoms with E-state index >= 15 is 0 Å². The van der Waals surface area contributed by atoms with Gasteiger partial charge in [0.05, 0.1) is 22.5 Å². The highest BCUT2D eigenvalue weighted by Crippen LogP contribution is 2.33. The monoisotopic (exact) mass is 406 g/mol. The predicted octanol–water partition coefficient (Wildman–Crippen LogP) is 4.14. The smallest absolute Gasteiger partial charge is 0.397 e. The topological polar surface area (TPSA) is 55.1 Å². The standard InChI is InChI=1S/C14H10F3IN2O/c15-14(16,17)8-5-6-12(11(19)7-8)20-13(21)9-3-1-2-4-10(9)18/h1-7H,19H2,(H,20,21). The maximum atomic E-state index is 12.5. The first-order valence-electron chi connectivity index (χ1n) is 5.81. The van der Waals surface area contributed by atoms with Gasteiger partial charge >= 0.3 is 6.18 Å². The summed E-state index contributed by atoms with van der Waals surface area (Å²) in [5, 5.41) is 2.51. The van der Waals surface area contributed by atoms with Crippen molar-refractivity contribution < 1.29 is 18.0 Å². The average Bonchev–Trinajstić information content (AvgIpc) is 2.40. The zero-order chi connectivity index (χ0) is 15.6. The van der Waals surface area contributed by atoms with Crippen molar-refractivity contribution in [3.8, 4) is 0 Å². The SMILES string of the molecule is Nc1cc(C(F)(F)F)ccc1NC(=O)c1ccccc1I. The van der Waals surface area contributed by atoms with Gasteiger partial charge in [-0.2, -0.15) is 13.2 Å². The van der Waals surface area contributed by atoms with Crippen molar-refractivity contribution in [2.45, 2.75) is 6.18 Å². The Bertz CT molecular complexity index is 686. The maximum absolute atomic E-state index is 12.5. The Hall–Kier alpha value is -1.77. The molecule has 2 rings (SSSR count). The summed E-state index contributed by atoms with van der Waals surface area (Å²) in [5.74, 6) is -0.425. The number of nitrogen functional groups attached to an aromatic ring is 1. The molecule has 2 aromatic carbocycles. The van der Waals surface area contributed by atoms with Crippen LogP contribution >= 0.6 is 22.6 Å². The van der Waals surface area contributed by atoms with Crippen LogP contribution in [0.4, 0.5) is 24.5 Å². The zero-order valence-corrected chi connectivity index (χ0v) is 12.7. The Morgan fingerprint density at radius 2 is 1.81 bits per heavy atom. The first-order chi connectivity index (χ1) is 9.79. The summed E-state index contributed by atoms with van der Waals surface area (Å²) in [6.07, 6.45) is -4.47. The third-order valence-electron chi connectivity index (χ3n) is 2.75. The number of nitrogens with two attached hydrogens (primary N) is 1. The lowest BCUT2D eigenvalue weighted by Crippen LogP contribution is -2.15. The van der Waals surface area contributed by atoms with Crippen LogP contribution in [0.25, 0.3) is 0 Å². The van der Waals surface area contributed by atoms with E-state index in [2.05, 4.69) is 5.32 Å². The van der Waals surface area contributed by atoms with Crippen molar-refractivity contribution in [3.63, 3.8) is 0 Å². The minimum Gasteiger partial charge on any atom is -0.397 e. The second-order valence-electron chi connectivity index (χ2n) is 4.23. The van der Waals surface area contributed by atoms with Gasteiger partial charge < -0.3 is 11.1 Å². The summed E-state index contributed by atoms with van der Waals surface area (Å²) in [7, 11) is 0. The molecule has 0 aliphatic rings. The summed E-state index contributed by atoms with van der Waals surface area (Å²) in [6.45, 7) is 0. The lowest BCUT2D eigenvalue weighted by molar-refractivity contribution is -0.137. The second kappa shape index (κ2) is 5.92. The summed E-state index contributed by atoms with van der Waals surface area (Å²) < 4.78 is 38.3. The highest BCUT2D eigenvalue weighted by molar-refractivity contribution is 14.1. The number of amides is 1. The molecule has 0 aliphatic carbocycles. The summed E-state index contributed by atoms with van der Waals surface area (Å²) in [5.41, 5.74) is 5.15. The van der Waals surface area contributed by atoms with Gasteiger partial charge in [-0.15, -0.1) is 0 Å². The van der Waals surface area contributed by atoms with E-state index in [1.165, 1.54) is 0 Å². The minimum atomic E-state index is -4.47. The van der Waals surface area contributed by atoms with Crippen molar-refractivity contribution in [1.29, 1.82) is 0 Å². The van der Waals surface area contributed by atoms with Gasteiger partial charge in [-0.3, -0.25) is 4.79 Å². The van der Waals surface area contributed by atoms with Crippen LogP contribution in [0.3, 0.4) is 0 Å². The van der Waals surface area contributed by atoms with E-state index in [9.17, 15) is 18.0 Å². The van der Waals surface area contributed by atoms with Gasteiger partial charge in [0.25, 0.3) is 5.91 Å². The van der Waals surface area contributed by atoms with Crippen molar-refractivity contribution in [2.75, 3.05) is 11.1 Å². The molecule has 0 atom stereocenters. The number of carbonyl (C=O) groups is 1. The quantitative estimate of drug-likeness (QED) is 0.582. The van der Waals surface area contributed by atoms with E-state index in [-0.39, 0.29) is 11.4 Å².